The molecule has 0 aliphatic carbocycles. The Balaban J connectivity index is 2.56. The summed E-state index contributed by atoms with van der Waals surface area (Å²) in [5, 5.41) is 0. The molecule has 1 heteroatoms. The Labute approximate surface area is 94.7 Å². The highest BCUT2D eigenvalue weighted by atomic mass is 14.7. The van der Waals surface area contributed by atoms with E-state index in [1.165, 1.54) is 37.7 Å². The lowest BCUT2D eigenvalue weighted by Gasteiger charge is -2.13. The van der Waals surface area contributed by atoms with E-state index in [0.717, 1.165) is 12.3 Å². The van der Waals surface area contributed by atoms with Gasteiger partial charge in [0, 0.05) is 12.4 Å². The van der Waals surface area contributed by atoms with Crippen molar-refractivity contribution in [3.05, 3.63) is 11.8 Å². The average molecular weight is 207 g/mol. The second-order valence-corrected chi connectivity index (χ2v) is 4.90. The summed E-state index contributed by atoms with van der Waals surface area (Å²) in [7, 11) is 0. The van der Waals surface area contributed by atoms with Gasteiger partial charge in [0.1, 0.15) is 0 Å². The van der Waals surface area contributed by atoms with E-state index in [1.54, 1.807) is 0 Å². The Morgan fingerprint density at radius 1 is 1.33 bits per heavy atom. The predicted octanol–water partition coefficient (Wildman–Crippen LogP) is 4.59. The van der Waals surface area contributed by atoms with Gasteiger partial charge in [-0.1, -0.05) is 45.1 Å². The van der Waals surface area contributed by atoms with Crippen LogP contribution in [-0.4, -0.2) is 6.21 Å². The molecule has 0 amide bonds. The number of nitrogens with zero attached hydrogens (tertiary/aromatic N) is 1. The van der Waals surface area contributed by atoms with Crippen LogP contribution in [0.3, 0.4) is 0 Å². The SMILES string of the molecule is CCC1CC=N/C=C(/C)C(C)CCCC1. The highest BCUT2D eigenvalue weighted by Crippen LogP contribution is 2.22. The van der Waals surface area contributed by atoms with E-state index in [4.69, 9.17) is 0 Å². The smallest absolute Gasteiger partial charge is 0.0255 e. The van der Waals surface area contributed by atoms with E-state index in [1.807, 2.05) is 0 Å². The van der Waals surface area contributed by atoms with Crippen molar-refractivity contribution in [3.63, 3.8) is 0 Å². The van der Waals surface area contributed by atoms with E-state index in [9.17, 15) is 0 Å². The zero-order valence-corrected chi connectivity index (χ0v) is 10.5. The minimum atomic E-state index is 0.709. The van der Waals surface area contributed by atoms with Crippen LogP contribution < -0.4 is 0 Å². The summed E-state index contributed by atoms with van der Waals surface area (Å²) in [6, 6.07) is 0. The molecule has 0 aromatic heterocycles. The van der Waals surface area contributed by atoms with Crippen LogP contribution in [0, 0.1) is 11.8 Å². The molecule has 1 rings (SSSR count). The van der Waals surface area contributed by atoms with Gasteiger partial charge in [0.25, 0.3) is 0 Å². The fraction of sp³-hybridized carbons (Fsp3) is 0.786. The molecule has 15 heavy (non-hydrogen) atoms. The molecule has 0 fully saturated rings. The lowest BCUT2D eigenvalue weighted by atomic mass is 9.93. The van der Waals surface area contributed by atoms with Crippen molar-refractivity contribution < 1.29 is 0 Å². The van der Waals surface area contributed by atoms with Crippen molar-refractivity contribution in [1.82, 2.24) is 0 Å². The van der Waals surface area contributed by atoms with E-state index in [-0.39, 0.29) is 0 Å². The summed E-state index contributed by atoms with van der Waals surface area (Å²) in [4.78, 5) is 4.42. The number of aliphatic imine (C=N–C) groups is 1. The number of allylic oxidation sites excluding steroid dienone is 1. The van der Waals surface area contributed by atoms with Crippen molar-refractivity contribution in [2.45, 2.75) is 59.3 Å². The van der Waals surface area contributed by atoms with Crippen molar-refractivity contribution in [1.29, 1.82) is 0 Å². The van der Waals surface area contributed by atoms with Crippen LogP contribution in [0.2, 0.25) is 0 Å². The van der Waals surface area contributed by atoms with Crippen LogP contribution in [0.15, 0.2) is 16.8 Å². The monoisotopic (exact) mass is 207 g/mol. The molecule has 0 N–H and O–H groups in total. The van der Waals surface area contributed by atoms with E-state index < -0.39 is 0 Å². The van der Waals surface area contributed by atoms with E-state index in [2.05, 4.69) is 38.2 Å². The fourth-order valence-electron chi connectivity index (χ4n) is 2.11. The maximum atomic E-state index is 4.42. The summed E-state index contributed by atoms with van der Waals surface area (Å²) in [5.41, 5.74) is 1.43. The third kappa shape index (κ3) is 4.63. The van der Waals surface area contributed by atoms with Gasteiger partial charge >= 0.3 is 0 Å². The Kier molecular flexibility index (Phi) is 5.67. The molecule has 0 bridgehead atoms. The molecule has 86 valence electrons. The lowest BCUT2D eigenvalue weighted by Crippen LogP contribution is -2.00. The molecule has 2 unspecified atom stereocenters. The maximum absolute atomic E-state index is 4.42. The Morgan fingerprint density at radius 2 is 2.07 bits per heavy atom. The van der Waals surface area contributed by atoms with Crippen molar-refractivity contribution in [2.24, 2.45) is 16.8 Å². The Morgan fingerprint density at radius 3 is 2.80 bits per heavy atom. The molecule has 0 radical (unpaired) electrons. The van der Waals surface area contributed by atoms with Gasteiger partial charge < -0.3 is 0 Å². The first-order chi connectivity index (χ1) is 7.24. The third-order valence-electron chi connectivity index (χ3n) is 3.68. The van der Waals surface area contributed by atoms with Gasteiger partial charge in [-0.2, -0.15) is 0 Å². The molecule has 0 spiro atoms. The van der Waals surface area contributed by atoms with Crippen LogP contribution >= 0.6 is 0 Å². The van der Waals surface area contributed by atoms with Gasteiger partial charge in [0.05, 0.1) is 0 Å². The van der Waals surface area contributed by atoms with Crippen molar-refractivity contribution >= 4 is 6.21 Å². The average Bonchev–Trinajstić information content (AvgIpc) is 2.28. The summed E-state index contributed by atoms with van der Waals surface area (Å²) in [5.74, 6) is 1.57. The second-order valence-electron chi connectivity index (χ2n) is 4.90. The molecule has 1 aliphatic heterocycles. The number of hydrogen-bond acceptors (Lipinski definition) is 1. The highest BCUT2D eigenvalue weighted by Gasteiger charge is 2.08. The molecule has 1 heterocycles. The van der Waals surface area contributed by atoms with E-state index >= 15 is 0 Å². The third-order valence-corrected chi connectivity index (χ3v) is 3.68. The summed E-state index contributed by atoms with van der Waals surface area (Å²) >= 11 is 0. The first kappa shape index (κ1) is 12.5. The van der Waals surface area contributed by atoms with Crippen LogP contribution in [-0.2, 0) is 0 Å². The van der Waals surface area contributed by atoms with Crippen LogP contribution in [0.25, 0.3) is 0 Å². The first-order valence-corrected chi connectivity index (χ1v) is 6.42. The first-order valence-electron chi connectivity index (χ1n) is 6.42. The van der Waals surface area contributed by atoms with E-state index in [0.29, 0.717) is 5.92 Å². The molecule has 0 saturated heterocycles. The van der Waals surface area contributed by atoms with Crippen LogP contribution in [0.1, 0.15) is 59.3 Å². The topological polar surface area (TPSA) is 12.4 Å². The normalized spacial score (nSPS) is 32.9. The van der Waals surface area contributed by atoms with Gasteiger partial charge in [-0.3, -0.25) is 4.99 Å². The summed E-state index contributed by atoms with van der Waals surface area (Å²) < 4.78 is 0. The van der Waals surface area contributed by atoms with Gasteiger partial charge in [-0.05, 0) is 31.6 Å². The zero-order chi connectivity index (χ0) is 11.1. The largest absolute Gasteiger partial charge is 0.269 e. The molecule has 1 aliphatic rings. The molecule has 0 aromatic carbocycles. The molecular formula is C14H25N. The number of hydrogen-bond donors (Lipinski definition) is 0. The molecule has 2 atom stereocenters. The quantitative estimate of drug-likeness (QED) is 0.596. The van der Waals surface area contributed by atoms with Gasteiger partial charge in [0.2, 0.25) is 0 Å². The fourth-order valence-corrected chi connectivity index (χ4v) is 2.11. The second kappa shape index (κ2) is 6.81. The Bertz CT molecular complexity index is 227. The maximum Gasteiger partial charge on any atom is 0.0255 e. The van der Waals surface area contributed by atoms with Crippen LogP contribution in [0.4, 0.5) is 0 Å². The predicted molar refractivity (Wildman–Crippen MR) is 68.3 cm³/mol. The van der Waals surface area contributed by atoms with Crippen molar-refractivity contribution in [3.8, 4) is 0 Å². The highest BCUT2D eigenvalue weighted by molar-refractivity contribution is 5.58. The minimum absolute atomic E-state index is 0.709. The molecular weight excluding hydrogens is 182 g/mol. The number of rotatable bonds is 1. The molecule has 1 nitrogen and oxygen atoms in total. The van der Waals surface area contributed by atoms with Gasteiger partial charge in [-0.15, -0.1) is 0 Å². The van der Waals surface area contributed by atoms with Crippen molar-refractivity contribution in [2.75, 3.05) is 0 Å². The summed E-state index contributed by atoms with van der Waals surface area (Å²) in [6.45, 7) is 6.82. The standard InChI is InChI=1S/C14H25N/c1-4-14-8-6-5-7-12(2)13(3)11-15-10-9-14/h10-12,14H,4-9H2,1-3H3/b13-11-,15-10?. The minimum Gasteiger partial charge on any atom is -0.269 e. The van der Waals surface area contributed by atoms with Gasteiger partial charge in [-0.25, -0.2) is 0 Å². The van der Waals surface area contributed by atoms with Gasteiger partial charge in [0.15, 0.2) is 0 Å². The molecule has 0 aromatic rings. The zero-order valence-electron chi connectivity index (χ0n) is 10.5. The Hall–Kier alpha value is -0.590. The summed E-state index contributed by atoms with van der Waals surface area (Å²) in [6.07, 6.45) is 12.1. The van der Waals surface area contributed by atoms with Crippen LogP contribution in [0.5, 0.6) is 0 Å². The molecule has 0 saturated carbocycles. The lowest BCUT2D eigenvalue weighted by molar-refractivity contribution is 0.445.